The predicted molar refractivity (Wildman–Crippen MR) is 93.5 cm³/mol. The van der Waals surface area contributed by atoms with Crippen molar-refractivity contribution in [3.63, 3.8) is 0 Å². The second-order valence-electron chi connectivity index (χ2n) is 5.36. The molecule has 1 aromatic carbocycles. The number of hydrogen-bond donors (Lipinski definition) is 0. The van der Waals surface area contributed by atoms with E-state index in [0.717, 1.165) is 23.0 Å². The van der Waals surface area contributed by atoms with Gasteiger partial charge in [0, 0.05) is 23.9 Å². The van der Waals surface area contributed by atoms with Crippen LogP contribution in [0.4, 0.5) is 0 Å². The fraction of sp³-hybridized carbons (Fsp3) is 0.389. The summed E-state index contributed by atoms with van der Waals surface area (Å²) in [7, 11) is 1.63. The molecule has 0 radical (unpaired) electrons. The minimum Gasteiger partial charge on any atom is -0.493 e. The van der Waals surface area contributed by atoms with Crippen LogP contribution in [-0.4, -0.2) is 43.5 Å². The molecule has 0 amide bonds. The fourth-order valence-electron chi connectivity index (χ4n) is 2.36. The molecule has 1 saturated heterocycles. The molecule has 2 atom stereocenters. The maximum Gasteiger partial charge on any atom is 0.167 e. The number of thioether (sulfide) groups is 1. The van der Waals surface area contributed by atoms with Gasteiger partial charge in [-0.25, -0.2) is 0 Å². The van der Waals surface area contributed by atoms with Crippen molar-refractivity contribution in [3.8, 4) is 11.5 Å². The van der Waals surface area contributed by atoms with E-state index in [-0.39, 0.29) is 12.4 Å². The van der Waals surface area contributed by atoms with Gasteiger partial charge >= 0.3 is 0 Å². The Morgan fingerprint density at radius 3 is 2.88 bits per heavy atom. The maximum absolute atomic E-state index is 5.87. The molecular formula is C18H21NO4S. The molecule has 5 nitrogen and oxygen atoms in total. The molecule has 2 unspecified atom stereocenters. The molecule has 2 aromatic rings. The van der Waals surface area contributed by atoms with E-state index in [4.69, 9.17) is 18.9 Å². The monoisotopic (exact) mass is 347 g/mol. The van der Waals surface area contributed by atoms with Crippen molar-refractivity contribution in [2.24, 2.45) is 0 Å². The van der Waals surface area contributed by atoms with Gasteiger partial charge in [-0.15, -0.1) is 0 Å². The highest BCUT2D eigenvalue weighted by Gasteiger charge is 2.26. The number of hydrogen-bond acceptors (Lipinski definition) is 6. The van der Waals surface area contributed by atoms with Crippen LogP contribution in [0.2, 0.25) is 0 Å². The summed E-state index contributed by atoms with van der Waals surface area (Å²) in [4.78, 5) is 4.11. The lowest BCUT2D eigenvalue weighted by atomic mass is 10.3. The van der Waals surface area contributed by atoms with Gasteiger partial charge in [-0.1, -0.05) is 18.2 Å². The number of ether oxygens (including phenoxy) is 4. The van der Waals surface area contributed by atoms with Gasteiger partial charge in [-0.05, 0) is 23.8 Å². The Labute approximate surface area is 146 Å². The zero-order chi connectivity index (χ0) is 16.6. The Hall–Kier alpha value is -1.76. The van der Waals surface area contributed by atoms with E-state index in [0.29, 0.717) is 13.2 Å². The summed E-state index contributed by atoms with van der Waals surface area (Å²) in [5, 5.41) is 0. The SMILES string of the molecule is COc1ccccc1OCC1COC(CSCc2cccnc2)O1. The number of nitrogens with zero attached hydrogens (tertiary/aromatic N) is 1. The zero-order valence-electron chi connectivity index (χ0n) is 13.6. The highest BCUT2D eigenvalue weighted by atomic mass is 32.2. The van der Waals surface area contributed by atoms with Crippen molar-refractivity contribution < 1.29 is 18.9 Å². The van der Waals surface area contributed by atoms with E-state index >= 15 is 0 Å². The highest BCUT2D eigenvalue weighted by molar-refractivity contribution is 7.98. The first kappa shape index (κ1) is 17.1. The van der Waals surface area contributed by atoms with Crippen LogP contribution in [-0.2, 0) is 15.2 Å². The summed E-state index contributed by atoms with van der Waals surface area (Å²) in [5.74, 6) is 3.14. The maximum atomic E-state index is 5.87. The summed E-state index contributed by atoms with van der Waals surface area (Å²) in [5.41, 5.74) is 1.21. The van der Waals surface area contributed by atoms with Gasteiger partial charge < -0.3 is 18.9 Å². The van der Waals surface area contributed by atoms with E-state index in [2.05, 4.69) is 11.1 Å². The lowest BCUT2D eigenvalue weighted by Crippen LogP contribution is -2.21. The number of para-hydroxylation sites is 2. The average molecular weight is 347 g/mol. The first-order valence-corrected chi connectivity index (χ1v) is 9.00. The third-order valence-electron chi connectivity index (χ3n) is 3.55. The molecule has 6 heteroatoms. The molecular weight excluding hydrogens is 326 g/mol. The first-order valence-electron chi connectivity index (χ1n) is 7.84. The first-order chi connectivity index (χ1) is 11.8. The predicted octanol–water partition coefficient (Wildman–Crippen LogP) is 3.14. The number of pyridine rings is 1. The summed E-state index contributed by atoms with van der Waals surface area (Å²) in [6, 6.07) is 11.6. The van der Waals surface area contributed by atoms with Gasteiger partial charge in [0.1, 0.15) is 12.7 Å². The molecule has 1 aromatic heterocycles. The molecule has 1 aliphatic heterocycles. The van der Waals surface area contributed by atoms with Crippen LogP contribution in [0.5, 0.6) is 11.5 Å². The second kappa shape index (κ2) is 8.92. The third kappa shape index (κ3) is 4.87. The summed E-state index contributed by atoms with van der Waals surface area (Å²) in [6.07, 6.45) is 3.42. The summed E-state index contributed by atoms with van der Waals surface area (Å²) in [6.45, 7) is 0.997. The van der Waals surface area contributed by atoms with E-state index < -0.39 is 0 Å². The molecule has 0 aliphatic carbocycles. The molecule has 2 heterocycles. The summed E-state index contributed by atoms with van der Waals surface area (Å²) >= 11 is 1.78. The number of aromatic nitrogens is 1. The van der Waals surface area contributed by atoms with E-state index in [9.17, 15) is 0 Å². The average Bonchev–Trinajstić information content (AvgIpc) is 3.09. The number of benzene rings is 1. The van der Waals surface area contributed by atoms with E-state index in [1.807, 2.05) is 36.5 Å². The lowest BCUT2D eigenvalue weighted by molar-refractivity contribution is -0.0452. The molecule has 1 fully saturated rings. The van der Waals surface area contributed by atoms with Crippen LogP contribution in [0.1, 0.15) is 5.56 Å². The fourth-order valence-corrected chi connectivity index (χ4v) is 3.25. The Kier molecular flexibility index (Phi) is 6.34. The minimum absolute atomic E-state index is 0.0566. The largest absolute Gasteiger partial charge is 0.493 e. The van der Waals surface area contributed by atoms with Gasteiger partial charge in [0.25, 0.3) is 0 Å². The Morgan fingerprint density at radius 1 is 1.21 bits per heavy atom. The Morgan fingerprint density at radius 2 is 2.08 bits per heavy atom. The quantitative estimate of drug-likeness (QED) is 0.731. The molecule has 0 spiro atoms. The van der Waals surface area contributed by atoms with E-state index in [1.165, 1.54) is 5.56 Å². The van der Waals surface area contributed by atoms with Gasteiger partial charge in [0.2, 0.25) is 0 Å². The van der Waals surface area contributed by atoms with Crippen LogP contribution in [0, 0.1) is 0 Å². The summed E-state index contributed by atoms with van der Waals surface area (Å²) < 4.78 is 22.6. The molecule has 0 bridgehead atoms. The van der Waals surface area contributed by atoms with Gasteiger partial charge in [-0.2, -0.15) is 11.8 Å². The van der Waals surface area contributed by atoms with Gasteiger partial charge in [0.05, 0.1) is 13.7 Å². The molecule has 0 saturated carbocycles. The standard InChI is InChI=1S/C18H21NO4S/c1-20-16-6-2-3-7-17(16)21-10-15-11-22-18(23-15)13-24-12-14-5-4-8-19-9-14/h2-9,15,18H,10-13H2,1H3. The van der Waals surface area contributed by atoms with Crippen molar-refractivity contribution in [3.05, 3.63) is 54.4 Å². The normalized spacial score (nSPS) is 20.0. The molecule has 24 heavy (non-hydrogen) atoms. The van der Waals surface area contributed by atoms with Crippen molar-refractivity contribution >= 4 is 11.8 Å². The van der Waals surface area contributed by atoms with Crippen molar-refractivity contribution in [1.82, 2.24) is 4.98 Å². The van der Waals surface area contributed by atoms with Crippen molar-refractivity contribution in [1.29, 1.82) is 0 Å². The van der Waals surface area contributed by atoms with Gasteiger partial charge in [0.15, 0.2) is 17.8 Å². The Bertz CT molecular complexity index is 625. The van der Waals surface area contributed by atoms with Crippen molar-refractivity contribution in [2.75, 3.05) is 26.1 Å². The molecule has 128 valence electrons. The van der Waals surface area contributed by atoms with E-state index in [1.54, 1.807) is 25.1 Å². The topological polar surface area (TPSA) is 49.8 Å². The van der Waals surface area contributed by atoms with Crippen LogP contribution >= 0.6 is 11.8 Å². The second-order valence-corrected chi connectivity index (χ2v) is 6.39. The lowest BCUT2D eigenvalue weighted by Gasteiger charge is -2.14. The van der Waals surface area contributed by atoms with Crippen LogP contribution < -0.4 is 9.47 Å². The highest BCUT2D eigenvalue weighted by Crippen LogP contribution is 2.27. The van der Waals surface area contributed by atoms with Crippen molar-refractivity contribution in [2.45, 2.75) is 18.1 Å². The molecule has 1 aliphatic rings. The smallest absolute Gasteiger partial charge is 0.167 e. The Balaban J connectivity index is 1.38. The van der Waals surface area contributed by atoms with Crippen LogP contribution in [0.15, 0.2) is 48.8 Å². The minimum atomic E-state index is -0.182. The van der Waals surface area contributed by atoms with Crippen LogP contribution in [0.25, 0.3) is 0 Å². The van der Waals surface area contributed by atoms with Gasteiger partial charge in [-0.3, -0.25) is 4.98 Å². The third-order valence-corrected chi connectivity index (χ3v) is 4.60. The van der Waals surface area contributed by atoms with Crippen LogP contribution in [0.3, 0.4) is 0 Å². The number of rotatable bonds is 8. The zero-order valence-corrected chi connectivity index (χ0v) is 14.4. The number of methoxy groups -OCH3 is 1. The molecule has 0 N–H and O–H groups in total. The molecule has 3 rings (SSSR count).